The molecule has 0 radical (unpaired) electrons. The Morgan fingerprint density at radius 2 is 1.80 bits per heavy atom. The molecule has 0 aromatic heterocycles. The van der Waals surface area contributed by atoms with Crippen molar-refractivity contribution in [3.8, 4) is 0 Å². The minimum absolute atomic E-state index is 0.220. The van der Waals surface area contributed by atoms with Crippen molar-refractivity contribution in [1.29, 1.82) is 0 Å². The Morgan fingerprint density at radius 3 is 2.33 bits per heavy atom. The first-order chi connectivity index (χ1) is 7.11. The summed E-state index contributed by atoms with van der Waals surface area (Å²) in [7, 11) is 0. The summed E-state index contributed by atoms with van der Waals surface area (Å²) in [6.45, 7) is 0. The fraction of sp³-hybridized carbons (Fsp3) is 0.364. The second kappa shape index (κ2) is 6.28. The zero-order chi connectivity index (χ0) is 11.3. The molecule has 0 heterocycles. The first-order valence-electron chi connectivity index (χ1n) is 4.67. The predicted molar refractivity (Wildman–Crippen MR) is 67.7 cm³/mol. The van der Waals surface area contributed by atoms with Gasteiger partial charge in [0.25, 0.3) is 0 Å². The molecule has 4 heteroatoms. The molecule has 0 unspecified atom stereocenters. The highest BCUT2D eigenvalue weighted by Crippen LogP contribution is 2.29. The van der Waals surface area contributed by atoms with Crippen LogP contribution in [0.25, 0.3) is 0 Å². The molecule has 0 bridgehead atoms. The molecule has 1 aromatic carbocycles. The van der Waals surface area contributed by atoms with Crippen LogP contribution >= 0.6 is 31.9 Å². The summed E-state index contributed by atoms with van der Waals surface area (Å²) < 4.78 is 0. The summed E-state index contributed by atoms with van der Waals surface area (Å²) in [5.41, 5.74) is 1.18. The highest BCUT2D eigenvalue weighted by molar-refractivity contribution is 9.10. The summed E-state index contributed by atoms with van der Waals surface area (Å²) in [5.74, 6) is -0.803. The van der Waals surface area contributed by atoms with Crippen molar-refractivity contribution >= 4 is 37.8 Å². The van der Waals surface area contributed by atoms with Crippen LogP contribution in [0.2, 0.25) is 0 Å². The van der Waals surface area contributed by atoms with Crippen LogP contribution in [0.1, 0.15) is 23.2 Å². The minimum Gasteiger partial charge on any atom is -0.480 e. The molecule has 0 amide bonds. The van der Waals surface area contributed by atoms with E-state index < -0.39 is 10.8 Å². The van der Waals surface area contributed by atoms with Gasteiger partial charge in [0, 0.05) is 4.83 Å². The maximum atomic E-state index is 10.6. The van der Waals surface area contributed by atoms with E-state index in [4.69, 9.17) is 5.11 Å². The van der Waals surface area contributed by atoms with Crippen molar-refractivity contribution in [2.75, 3.05) is 0 Å². The smallest absolute Gasteiger partial charge is 0.317 e. The van der Waals surface area contributed by atoms with Gasteiger partial charge in [-0.1, -0.05) is 62.2 Å². The van der Waals surface area contributed by atoms with Crippen molar-refractivity contribution in [3.05, 3.63) is 35.9 Å². The van der Waals surface area contributed by atoms with E-state index in [2.05, 4.69) is 31.9 Å². The van der Waals surface area contributed by atoms with E-state index in [1.165, 1.54) is 5.56 Å². The molecule has 2 nitrogen and oxygen atoms in total. The van der Waals surface area contributed by atoms with E-state index >= 15 is 0 Å². The minimum atomic E-state index is -0.803. The number of carboxylic acid groups (broad SMARTS) is 1. The molecule has 0 spiro atoms. The van der Waals surface area contributed by atoms with E-state index in [-0.39, 0.29) is 4.83 Å². The number of aliphatic carboxylic acids is 1. The number of carboxylic acids is 1. The zero-order valence-corrected chi connectivity index (χ0v) is 11.2. The lowest BCUT2D eigenvalue weighted by Gasteiger charge is -2.11. The van der Waals surface area contributed by atoms with Gasteiger partial charge in [-0.15, -0.1) is 0 Å². The summed E-state index contributed by atoms with van der Waals surface area (Å²) in [4.78, 5) is 10.3. The van der Waals surface area contributed by atoms with E-state index in [1.807, 2.05) is 30.3 Å². The second-order valence-corrected chi connectivity index (χ2v) is 5.47. The normalized spacial score (nSPS) is 14.5. The molecule has 1 rings (SSSR count). The van der Waals surface area contributed by atoms with E-state index in [9.17, 15) is 4.79 Å². The van der Waals surface area contributed by atoms with Gasteiger partial charge in [-0.3, -0.25) is 4.79 Å². The SMILES string of the molecule is O=C(O)[C@@H](Br)CC[C@H](Br)c1ccccc1. The quantitative estimate of drug-likeness (QED) is 0.832. The fourth-order valence-corrected chi connectivity index (χ4v) is 2.08. The number of hydrogen-bond donors (Lipinski definition) is 1. The van der Waals surface area contributed by atoms with Crippen molar-refractivity contribution < 1.29 is 9.90 Å². The largest absolute Gasteiger partial charge is 0.480 e. The topological polar surface area (TPSA) is 37.3 Å². The Balaban J connectivity index is 2.43. The van der Waals surface area contributed by atoms with Gasteiger partial charge in [0.15, 0.2) is 0 Å². The third-order valence-corrected chi connectivity index (χ3v) is 3.94. The first-order valence-corrected chi connectivity index (χ1v) is 6.50. The Morgan fingerprint density at radius 1 is 1.20 bits per heavy atom. The molecule has 1 aromatic rings. The van der Waals surface area contributed by atoms with Crippen molar-refractivity contribution in [3.63, 3.8) is 0 Å². The van der Waals surface area contributed by atoms with Crippen molar-refractivity contribution in [2.24, 2.45) is 0 Å². The number of hydrogen-bond acceptors (Lipinski definition) is 1. The van der Waals surface area contributed by atoms with Gasteiger partial charge in [-0.05, 0) is 18.4 Å². The van der Waals surface area contributed by atoms with Gasteiger partial charge in [-0.25, -0.2) is 0 Å². The molecule has 1 N–H and O–H groups in total. The Hall–Kier alpha value is -0.350. The van der Waals surface area contributed by atoms with Crippen LogP contribution in [0.3, 0.4) is 0 Å². The number of carbonyl (C=O) groups is 1. The summed E-state index contributed by atoms with van der Waals surface area (Å²) in [5, 5.41) is 8.70. The molecule has 15 heavy (non-hydrogen) atoms. The van der Waals surface area contributed by atoms with Gasteiger partial charge >= 0.3 is 5.97 Å². The molecule has 0 fully saturated rings. The lowest BCUT2D eigenvalue weighted by atomic mass is 10.1. The number of benzene rings is 1. The lowest BCUT2D eigenvalue weighted by molar-refractivity contribution is -0.136. The van der Waals surface area contributed by atoms with Gasteiger partial charge in [0.1, 0.15) is 4.83 Å². The van der Waals surface area contributed by atoms with Gasteiger partial charge < -0.3 is 5.11 Å². The highest BCUT2D eigenvalue weighted by atomic mass is 79.9. The van der Waals surface area contributed by atoms with Gasteiger partial charge in [-0.2, -0.15) is 0 Å². The standard InChI is InChI=1S/C11H12Br2O2/c12-9(6-7-10(13)11(14)15)8-4-2-1-3-5-8/h1-5,9-10H,6-7H2,(H,14,15)/t9-,10-/m0/s1. The van der Waals surface area contributed by atoms with Crippen LogP contribution in [0.15, 0.2) is 30.3 Å². The Bertz CT molecular complexity index is 314. The Kier molecular flexibility index (Phi) is 5.32. The maximum Gasteiger partial charge on any atom is 0.317 e. The van der Waals surface area contributed by atoms with E-state index in [0.717, 1.165) is 6.42 Å². The highest BCUT2D eigenvalue weighted by Gasteiger charge is 2.15. The summed E-state index contributed by atoms with van der Waals surface area (Å²) in [6.07, 6.45) is 1.41. The average Bonchev–Trinajstić information content (AvgIpc) is 2.26. The van der Waals surface area contributed by atoms with Crippen LogP contribution in [-0.2, 0) is 4.79 Å². The third-order valence-electron chi connectivity index (χ3n) is 2.10. The van der Waals surface area contributed by atoms with Crippen LogP contribution in [-0.4, -0.2) is 15.9 Å². The predicted octanol–water partition coefficient (Wildman–Crippen LogP) is 3.75. The van der Waals surface area contributed by atoms with Crippen molar-refractivity contribution in [1.82, 2.24) is 0 Å². The second-order valence-electron chi connectivity index (χ2n) is 3.26. The maximum absolute atomic E-state index is 10.6. The fourth-order valence-electron chi connectivity index (χ4n) is 1.24. The number of halogens is 2. The first kappa shape index (κ1) is 12.7. The molecular weight excluding hydrogens is 324 g/mol. The summed E-state index contributed by atoms with van der Waals surface area (Å²) in [6, 6.07) is 9.99. The molecule has 82 valence electrons. The third kappa shape index (κ3) is 4.34. The Labute approximate surface area is 106 Å². The zero-order valence-electron chi connectivity index (χ0n) is 8.07. The van der Waals surface area contributed by atoms with Crippen molar-refractivity contribution in [2.45, 2.75) is 22.5 Å². The van der Waals surface area contributed by atoms with Gasteiger partial charge in [0.2, 0.25) is 0 Å². The lowest BCUT2D eigenvalue weighted by Crippen LogP contribution is -2.12. The van der Waals surface area contributed by atoms with Crippen LogP contribution < -0.4 is 0 Å². The number of alkyl halides is 2. The molecule has 0 saturated heterocycles. The summed E-state index contributed by atoms with van der Waals surface area (Å²) >= 11 is 6.67. The molecular formula is C11H12Br2O2. The average molecular weight is 336 g/mol. The van der Waals surface area contributed by atoms with Gasteiger partial charge in [0.05, 0.1) is 0 Å². The van der Waals surface area contributed by atoms with E-state index in [1.54, 1.807) is 0 Å². The molecule has 0 aliphatic carbocycles. The molecule has 0 saturated carbocycles. The monoisotopic (exact) mass is 334 g/mol. The van der Waals surface area contributed by atoms with Crippen LogP contribution in [0.5, 0.6) is 0 Å². The van der Waals surface area contributed by atoms with Crippen LogP contribution in [0, 0.1) is 0 Å². The van der Waals surface area contributed by atoms with E-state index in [0.29, 0.717) is 6.42 Å². The van der Waals surface area contributed by atoms with Crippen LogP contribution in [0.4, 0.5) is 0 Å². The molecule has 0 aliphatic heterocycles. The number of rotatable bonds is 5. The molecule has 0 aliphatic rings. The molecule has 2 atom stereocenters.